The lowest BCUT2D eigenvalue weighted by molar-refractivity contribution is 0.0452. The average Bonchev–Trinajstić information content (AvgIpc) is 2.62. The van der Waals surface area contributed by atoms with Gasteiger partial charge in [-0.25, -0.2) is 0 Å². The van der Waals surface area contributed by atoms with Crippen molar-refractivity contribution in [2.24, 2.45) is 5.92 Å². The minimum atomic E-state index is -0.543. The highest BCUT2D eigenvalue weighted by Gasteiger charge is 2.23. The van der Waals surface area contributed by atoms with Gasteiger partial charge in [0.25, 0.3) is 0 Å². The largest absolute Gasteiger partial charge is 0.396 e. The van der Waals surface area contributed by atoms with E-state index in [4.69, 9.17) is 10.2 Å². The molecule has 0 fully saturated rings. The molecule has 0 bridgehead atoms. The van der Waals surface area contributed by atoms with E-state index < -0.39 is 5.60 Å². The summed E-state index contributed by atoms with van der Waals surface area (Å²) in [6.45, 7) is 7.23. The van der Waals surface area contributed by atoms with Crippen LogP contribution in [0.4, 0.5) is 0 Å². The molecule has 0 aromatic heterocycles. The Hall–Kier alpha value is 0.580. The molecule has 0 spiro atoms. The van der Waals surface area contributed by atoms with Crippen LogP contribution in [-0.4, -0.2) is 56.6 Å². The molecule has 0 amide bonds. The van der Waals surface area contributed by atoms with Crippen molar-refractivity contribution < 1.29 is 15.3 Å². The lowest BCUT2D eigenvalue weighted by Gasteiger charge is -2.27. The zero-order valence-corrected chi connectivity index (χ0v) is 19.8. The fourth-order valence-corrected chi connectivity index (χ4v) is 5.59. The highest BCUT2D eigenvalue weighted by Crippen LogP contribution is 2.29. The maximum Gasteiger partial charge on any atom is 0.0628 e. The first-order chi connectivity index (χ1) is 12.9. The van der Waals surface area contributed by atoms with Crippen LogP contribution in [0.3, 0.4) is 0 Å². The van der Waals surface area contributed by atoms with Gasteiger partial charge in [-0.15, -0.1) is 0 Å². The highest BCUT2D eigenvalue weighted by atomic mass is 32.2. The monoisotopic (exact) mass is 422 g/mol. The summed E-state index contributed by atoms with van der Waals surface area (Å²) in [6, 6.07) is 0. The third kappa shape index (κ3) is 18.4. The van der Waals surface area contributed by atoms with Crippen molar-refractivity contribution in [1.29, 1.82) is 0 Å². The molecular weight excluding hydrogens is 376 g/mol. The first-order valence-corrected chi connectivity index (χ1v) is 13.3. The predicted molar refractivity (Wildman–Crippen MR) is 124 cm³/mol. The van der Waals surface area contributed by atoms with Crippen molar-refractivity contribution in [3.8, 4) is 0 Å². The van der Waals surface area contributed by atoms with E-state index in [0.717, 1.165) is 50.7 Å². The van der Waals surface area contributed by atoms with Crippen molar-refractivity contribution in [2.75, 3.05) is 30.5 Å². The fourth-order valence-electron chi connectivity index (χ4n) is 3.05. The molecule has 2 atom stereocenters. The van der Waals surface area contributed by atoms with Gasteiger partial charge in [0.2, 0.25) is 0 Å². The molecule has 3 nitrogen and oxygen atoms in total. The second-order valence-electron chi connectivity index (χ2n) is 8.33. The molecule has 0 rings (SSSR count). The van der Waals surface area contributed by atoms with Crippen LogP contribution in [0.25, 0.3) is 0 Å². The molecule has 0 saturated heterocycles. The molecule has 27 heavy (non-hydrogen) atoms. The standard InChI is InChI=1S/C22H46O3S2/c1-20(2)21(27-18-11-7-5-9-16-24)12-13-22(3,25)14-19-26-17-10-6-4-8-15-23/h20-21,23-25H,4-19H2,1-3H3. The van der Waals surface area contributed by atoms with Gasteiger partial charge >= 0.3 is 0 Å². The second-order valence-corrected chi connectivity index (χ2v) is 10.9. The van der Waals surface area contributed by atoms with E-state index >= 15 is 0 Å². The molecule has 0 aromatic rings. The van der Waals surface area contributed by atoms with E-state index in [1.807, 2.05) is 18.7 Å². The summed E-state index contributed by atoms with van der Waals surface area (Å²) < 4.78 is 0. The number of hydrogen-bond acceptors (Lipinski definition) is 5. The van der Waals surface area contributed by atoms with E-state index in [1.54, 1.807) is 0 Å². The van der Waals surface area contributed by atoms with Crippen LogP contribution in [0.2, 0.25) is 0 Å². The number of hydrogen-bond donors (Lipinski definition) is 3. The van der Waals surface area contributed by atoms with Gasteiger partial charge in [-0.3, -0.25) is 0 Å². The van der Waals surface area contributed by atoms with Crippen LogP contribution in [0.15, 0.2) is 0 Å². The number of rotatable bonds is 20. The SMILES string of the molecule is CC(C)C(CCC(C)(O)CCSCCCCCCO)SCCCCCCO. The van der Waals surface area contributed by atoms with Crippen molar-refractivity contribution in [3.63, 3.8) is 0 Å². The van der Waals surface area contributed by atoms with Crippen molar-refractivity contribution in [2.45, 2.75) is 102 Å². The molecule has 0 aliphatic rings. The Morgan fingerprint density at radius 3 is 1.85 bits per heavy atom. The van der Waals surface area contributed by atoms with Gasteiger partial charge in [0.1, 0.15) is 0 Å². The maximum absolute atomic E-state index is 10.7. The molecule has 3 N–H and O–H groups in total. The molecular formula is C22H46O3S2. The van der Waals surface area contributed by atoms with Crippen LogP contribution in [-0.2, 0) is 0 Å². The van der Waals surface area contributed by atoms with Gasteiger partial charge in [0, 0.05) is 18.5 Å². The van der Waals surface area contributed by atoms with Gasteiger partial charge in [-0.1, -0.05) is 39.5 Å². The van der Waals surface area contributed by atoms with E-state index in [-0.39, 0.29) is 0 Å². The predicted octanol–water partition coefficient (Wildman–Crippen LogP) is 5.50. The Morgan fingerprint density at radius 1 is 0.741 bits per heavy atom. The number of unbranched alkanes of at least 4 members (excludes halogenated alkanes) is 6. The molecule has 0 aliphatic carbocycles. The van der Waals surface area contributed by atoms with Gasteiger partial charge < -0.3 is 15.3 Å². The second kappa shape index (κ2) is 18.6. The Labute approximate surface area is 177 Å². The average molecular weight is 423 g/mol. The highest BCUT2D eigenvalue weighted by molar-refractivity contribution is 7.99. The zero-order valence-electron chi connectivity index (χ0n) is 18.1. The summed E-state index contributed by atoms with van der Waals surface area (Å²) in [7, 11) is 0. The zero-order chi connectivity index (χ0) is 20.4. The minimum Gasteiger partial charge on any atom is -0.396 e. The fraction of sp³-hybridized carbons (Fsp3) is 1.00. The third-order valence-electron chi connectivity index (χ3n) is 5.08. The Morgan fingerprint density at radius 2 is 1.30 bits per heavy atom. The summed E-state index contributed by atoms with van der Waals surface area (Å²) in [5.74, 6) is 4.05. The molecule has 0 radical (unpaired) electrons. The lowest BCUT2D eigenvalue weighted by Crippen LogP contribution is -2.27. The number of aliphatic hydroxyl groups excluding tert-OH is 2. The van der Waals surface area contributed by atoms with Crippen molar-refractivity contribution in [1.82, 2.24) is 0 Å². The smallest absolute Gasteiger partial charge is 0.0628 e. The normalized spacial score (nSPS) is 15.2. The topological polar surface area (TPSA) is 60.7 Å². The van der Waals surface area contributed by atoms with Crippen molar-refractivity contribution >= 4 is 23.5 Å². The van der Waals surface area contributed by atoms with Gasteiger partial charge in [-0.2, -0.15) is 23.5 Å². The summed E-state index contributed by atoms with van der Waals surface area (Å²) >= 11 is 4.03. The van der Waals surface area contributed by atoms with Crippen molar-refractivity contribution in [3.05, 3.63) is 0 Å². The van der Waals surface area contributed by atoms with Crippen LogP contribution in [0.5, 0.6) is 0 Å². The summed E-state index contributed by atoms with van der Waals surface area (Å²) in [5, 5.41) is 28.9. The quantitative estimate of drug-likeness (QED) is 0.226. The summed E-state index contributed by atoms with van der Waals surface area (Å²) in [5.41, 5.74) is -0.543. The molecule has 0 heterocycles. The van der Waals surface area contributed by atoms with Crippen LogP contribution < -0.4 is 0 Å². The number of thioether (sulfide) groups is 2. The van der Waals surface area contributed by atoms with E-state index in [1.165, 1.54) is 37.2 Å². The molecule has 164 valence electrons. The summed E-state index contributed by atoms with van der Waals surface area (Å²) in [6.07, 6.45) is 11.9. The third-order valence-corrected chi connectivity index (χ3v) is 7.88. The molecule has 0 aromatic carbocycles. The van der Waals surface area contributed by atoms with E-state index in [0.29, 0.717) is 24.4 Å². The van der Waals surface area contributed by atoms with Gasteiger partial charge in [0.05, 0.1) is 5.60 Å². The Balaban J connectivity index is 3.84. The van der Waals surface area contributed by atoms with Gasteiger partial charge in [-0.05, 0) is 75.0 Å². The molecule has 0 saturated carbocycles. The first-order valence-electron chi connectivity index (χ1n) is 11.1. The first kappa shape index (κ1) is 27.6. The van der Waals surface area contributed by atoms with Crippen LogP contribution in [0, 0.1) is 5.92 Å². The number of aliphatic hydroxyl groups is 3. The Bertz CT molecular complexity index is 312. The molecule has 0 aliphatic heterocycles. The van der Waals surface area contributed by atoms with Crippen LogP contribution >= 0.6 is 23.5 Å². The molecule has 2 unspecified atom stereocenters. The Kier molecular flexibility index (Phi) is 19.0. The minimum absolute atomic E-state index is 0.315. The summed E-state index contributed by atoms with van der Waals surface area (Å²) in [4.78, 5) is 0. The van der Waals surface area contributed by atoms with E-state index in [2.05, 4.69) is 25.6 Å². The lowest BCUT2D eigenvalue weighted by atomic mass is 9.93. The van der Waals surface area contributed by atoms with Gasteiger partial charge in [0.15, 0.2) is 0 Å². The molecule has 5 heteroatoms. The van der Waals surface area contributed by atoms with Crippen LogP contribution in [0.1, 0.15) is 91.4 Å². The maximum atomic E-state index is 10.7. The van der Waals surface area contributed by atoms with E-state index in [9.17, 15) is 5.11 Å².